The van der Waals surface area contributed by atoms with E-state index in [9.17, 15) is 13.6 Å². The molecule has 4 aromatic rings. The summed E-state index contributed by atoms with van der Waals surface area (Å²) in [5.41, 5.74) is 2.50. The van der Waals surface area contributed by atoms with Crippen molar-refractivity contribution >= 4 is 33.9 Å². The first-order chi connectivity index (χ1) is 13.6. The Morgan fingerprint density at radius 1 is 0.821 bits per heavy atom. The molecule has 0 saturated carbocycles. The fraction of sp³-hybridized carbons (Fsp3) is 0. The highest BCUT2D eigenvalue weighted by molar-refractivity contribution is 6.03. The molecule has 0 aliphatic carbocycles. The molecule has 28 heavy (non-hydrogen) atoms. The van der Waals surface area contributed by atoms with Gasteiger partial charge in [0.05, 0.1) is 11.2 Å². The summed E-state index contributed by atoms with van der Waals surface area (Å²) in [6.45, 7) is 0. The van der Waals surface area contributed by atoms with Crippen molar-refractivity contribution in [2.75, 3.05) is 10.6 Å². The Balaban J connectivity index is 1.57. The molecule has 0 radical (unpaired) electrons. The predicted molar refractivity (Wildman–Crippen MR) is 104 cm³/mol. The largest absolute Gasteiger partial charge is 0.354 e. The fourth-order valence-corrected chi connectivity index (χ4v) is 2.76. The number of amides is 1. The maximum atomic E-state index is 13.3. The van der Waals surface area contributed by atoms with Crippen LogP contribution in [0.15, 0.2) is 73.1 Å². The summed E-state index contributed by atoms with van der Waals surface area (Å²) < 4.78 is 26.3. The number of rotatable bonds is 4. The summed E-state index contributed by atoms with van der Waals surface area (Å²) in [6, 6.07) is 16.0. The summed E-state index contributed by atoms with van der Waals surface area (Å²) >= 11 is 0. The highest BCUT2D eigenvalue weighted by atomic mass is 19.2. The highest BCUT2D eigenvalue weighted by Crippen LogP contribution is 2.24. The van der Waals surface area contributed by atoms with Crippen molar-refractivity contribution in [3.63, 3.8) is 0 Å². The molecule has 4 rings (SSSR count). The van der Waals surface area contributed by atoms with Gasteiger partial charge in [0.25, 0.3) is 5.91 Å². The topological polar surface area (TPSA) is 66.9 Å². The lowest BCUT2D eigenvalue weighted by atomic mass is 10.2. The Hall–Kier alpha value is -3.87. The van der Waals surface area contributed by atoms with Gasteiger partial charge in [0.15, 0.2) is 11.6 Å². The first-order valence-electron chi connectivity index (χ1n) is 8.43. The number of benzene rings is 2. The molecular weight excluding hydrogens is 362 g/mol. The second kappa shape index (κ2) is 7.40. The van der Waals surface area contributed by atoms with Gasteiger partial charge in [-0.25, -0.2) is 8.78 Å². The molecule has 0 aliphatic heterocycles. The Kier molecular flexibility index (Phi) is 4.63. The molecule has 0 aliphatic rings. The van der Waals surface area contributed by atoms with E-state index >= 15 is 0 Å². The van der Waals surface area contributed by atoms with Crippen LogP contribution in [0, 0.1) is 11.6 Å². The van der Waals surface area contributed by atoms with Crippen LogP contribution in [0.25, 0.3) is 10.9 Å². The third kappa shape index (κ3) is 3.64. The van der Waals surface area contributed by atoms with Crippen LogP contribution in [0.5, 0.6) is 0 Å². The van der Waals surface area contributed by atoms with E-state index in [0.717, 1.165) is 28.7 Å². The lowest BCUT2D eigenvalue weighted by Crippen LogP contribution is -2.14. The number of hydrogen-bond acceptors (Lipinski definition) is 4. The van der Waals surface area contributed by atoms with Gasteiger partial charge in [-0.2, -0.15) is 0 Å². The maximum absolute atomic E-state index is 13.3. The molecule has 2 aromatic heterocycles. The molecule has 0 spiro atoms. The number of nitrogens with zero attached hydrogens (tertiary/aromatic N) is 2. The summed E-state index contributed by atoms with van der Waals surface area (Å²) in [5, 5.41) is 6.71. The number of anilines is 3. The average molecular weight is 376 g/mol. The fourth-order valence-electron chi connectivity index (χ4n) is 2.76. The standard InChI is InChI=1S/C21H14F2N4O/c22-16-7-6-14(11-17(16)23)27-21(28)19-12-15(8-10-24-19)26-18-5-1-3-13-4-2-9-25-20(13)18/h1-12H,(H,24,26)(H,27,28). The van der Waals surface area contributed by atoms with Crippen LogP contribution in [0.3, 0.4) is 0 Å². The number of carbonyl (C=O) groups excluding carboxylic acids is 1. The van der Waals surface area contributed by atoms with E-state index in [2.05, 4.69) is 20.6 Å². The van der Waals surface area contributed by atoms with Gasteiger partial charge in [-0.1, -0.05) is 18.2 Å². The number of para-hydroxylation sites is 1. The Bertz CT molecular complexity index is 1170. The van der Waals surface area contributed by atoms with E-state index in [0.29, 0.717) is 5.69 Å². The summed E-state index contributed by atoms with van der Waals surface area (Å²) in [4.78, 5) is 20.8. The van der Waals surface area contributed by atoms with Crippen molar-refractivity contribution in [2.45, 2.75) is 0 Å². The van der Waals surface area contributed by atoms with E-state index in [1.807, 2.05) is 30.3 Å². The minimum Gasteiger partial charge on any atom is -0.354 e. The van der Waals surface area contributed by atoms with Crippen molar-refractivity contribution in [1.82, 2.24) is 9.97 Å². The van der Waals surface area contributed by atoms with Gasteiger partial charge in [-0.05, 0) is 36.4 Å². The van der Waals surface area contributed by atoms with E-state index < -0.39 is 17.5 Å². The smallest absolute Gasteiger partial charge is 0.274 e. The average Bonchev–Trinajstić information content (AvgIpc) is 2.71. The minimum atomic E-state index is -1.04. The number of fused-ring (bicyclic) bond motifs is 1. The van der Waals surface area contributed by atoms with E-state index in [-0.39, 0.29) is 11.4 Å². The van der Waals surface area contributed by atoms with E-state index in [4.69, 9.17) is 0 Å². The van der Waals surface area contributed by atoms with Gasteiger partial charge in [0.2, 0.25) is 0 Å². The van der Waals surface area contributed by atoms with E-state index in [1.54, 1.807) is 18.3 Å². The first-order valence-corrected chi connectivity index (χ1v) is 8.43. The third-order valence-corrected chi connectivity index (χ3v) is 4.08. The predicted octanol–water partition coefficient (Wildman–Crippen LogP) is 4.90. The molecule has 5 nitrogen and oxygen atoms in total. The van der Waals surface area contributed by atoms with Crippen molar-refractivity contribution < 1.29 is 13.6 Å². The number of hydrogen-bond donors (Lipinski definition) is 2. The highest BCUT2D eigenvalue weighted by Gasteiger charge is 2.11. The molecular formula is C21H14F2N4O. The van der Waals surface area contributed by atoms with E-state index in [1.165, 1.54) is 12.3 Å². The number of aromatic nitrogens is 2. The minimum absolute atomic E-state index is 0.128. The molecule has 0 fully saturated rings. The van der Waals surface area contributed by atoms with Crippen LogP contribution >= 0.6 is 0 Å². The molecule has 0 atom stereocenters. The molecule has 2 heterocycles. The summed E-state index contributed by atoms with van der Waals surface area (Å²) in [6.07, 6.45) is 3.20. The second-order valence-corrected chi connectivity index (χ2v) is 6.02. The maximum Gasteiger partial charge on any atom is 0.274 e. The zero-order chi connectivity index (χ0) is 19.5. The monoisotopic (exact) mass is 376 g/mol. The van der Waals surface area contributed by atoms with Gasteiger partial charge in [0.1, 0.15) is 5.69 Å². The Morgan fingerprint density at radius 2 is 1.68 bits per heavy atom. The van der Waals surface area contributed by atoms with Gasteiger partial charge in [-0.3, -0.25) is 14.8 Å². The van der Waals surface area contributed by atoms with Crippen molar-refractivity contribution in [3.05, 3.63) is 90.4 Å². The molecule has 2 aromatic carbocycles. The molecule has 138 valence electrons. The van der Waals surface area contributed by atoms with Crippen LogP contribution < -0.4 is 10.6 Å². The Labute approximate surface area is 159 Å². The quantitative estimate of drug-likeness (QED) is 0.531. The zero-order valence-corrected chi connectivity index (χ0v) is 14.5. The number of pyridine rings is 2. The van der Waals surface area contributed by atoms with Gasteiger partial charge < -0.3 is 10.6 Å². The third-order valence-electron chi connectivity index (χ3n) is 4.08. The number of carbonyl (C=O) groups is 1. The molecule has 0 unspecified atom stereocenters. The van der Waals surface area contributed by atoms with Crippen molar-refractivity contribution in [1.29, 1.82) is 0 Å². The molecule has 0 saturated heterocycles. The number of halogens is 2. The molecule has 7 heteroatoms. The van der Waals surface area contributed by atoms with Crippen LogP contribution in [-0.2, 0) is 0 Å². The molecule has 0 bridgehead atoms. The molecule has 2 N–H and O–H groups in total. The summed E-state index contributed by atoms with van der Waals surface area (Å²) in [7, 11) is 0. The van der Waals surface area contributed by atoms with Crippen LogP contribution in [0.2, 0.25) is 0 Å². The zero-order valence-electron chi connectivity index (χ0n) is 14.5. The normalized spacial score (nSPS) is 10.6. The Morgan fingerprint density at radius 3 is 2.54 bits per heavy atom. The van der Waals surface area contributed by atoms with Crippen LogP contribution in [0.1, 0.15) is 10.5 Å². The lowest BCUT2D eigenvalue weighted by Gasteiger charge is -2.10. The van der Waals surface area contributed by atoms with Crippen molar-refractivity contribution in [3.8, 4) is 0 Å². The van der Waals surface area contributed by atoms with Gasteiger partial charge >= 0.3 is 0 Å². The van der Waals surface area contributed by atoms with Crippen LogP contribution in [0.4, 0.5) is 25.8 Å². The second-order valence-electron chi connectivity index (χ2n) is 6.02. The summed E-state index contributed by atoms with van der Waals surface area (Å²) in [5.74, 6) is -2.55. The van der Waals surface area contributed by atoms with Crippen molar-refractivity contribution in [2.24, 2.45) is 0 Å². The van der Waals surface area contributed by atoms with Gasteiger partial charge in [0, 0.05) is 35.2 Å². The van der Waals surface area contributed by atoms with Gasteiger partial charge in [-0.15, -0.1) is 0 Å². The first kappa shape index (κ1) is 17.5. The molecule has 1 amide bonds. The SMILES string of the molecule is O=C(Nc1ccc(F)c(F)c1)c1cc(Nc2cccc3cccnc23)ccn1. The van der Waals surface area contributed by atoms with Crippen LogP contribution in [-0.4, -0.2) is 15.9 Å². The number of nitrogens with one attached hydrogen (secondary N) is 2. The lowest BCUT2D eigenvalue weighted by molar-refractivity contribution is 0.102.